The molecule has 3 aromatic rings. The average molecular weight is 282 g/mol. The molecule has 2 aromatic carbocycles. The number of hydrogen-bond donors (Lipinski definition) is 0. The van der Waals surface area contributed by atoms with E-state index in [2.05, 4.69) is 5.10 Å². The Labute approximate surface area is 122 Å². The van der Waals surface area contributed by atoms with E-state index in [1.165, 1.54) is 18.2 Å². The van der Waals surface area contributed by atoms with Crippen LogP contribution in [0.15, 0.2) is 42.5 Å². The molecule has 0 saturated heterocycles. The van der Waals surface area contributed by atoms with Crippen molar-refractivity contribution in [2.75, 3.05) is 0 Å². The van der Waals surface area contributed by atoms with Gasteiger partial charge in [0.15, 0.2) is 5.78 Å². The van der Waals surface area contributed by atoms with Crippen molar-refractivity contribution in [2.45, 2.75) is 13.3 Å². The quantitative estimate of drug-likeness (QED) is 0.690. The van der Waals surface area contributed by atoms with Gasteiger partial charge in [0, 0.05) is 18.0 Å². The van der Waals surface area contributed by atoms with E-state index >= 15 is 0 Å². The Morgan fingerprint density at radius 1 is 1.24 bits per heavy atom. The molecule has 0 N–H and O–H groups in total. The van der Waals surface area contributed by atoms with Crippen LogP contribution in [0.4, 0.5) is 4.39 Å². The summed E-state index contributed by atoms with van der Waals surface area (Å²) in [5.74, 6) is -0.372. The summed E-state index contributed by atoms with van der Waals surface area (Å²) in [6.07, 6.45) is 0.216. The van der Waals surface area contributed by atoms with E-state index in [1.54, 1.807) is 11.6 Å². The lowest BCUT2D eigenvalue weighted by Crippen LogP contribution is -2.07. The number of hydrogen-bond acceptors (Lipinski definition) is 2. The Balaban J connectivity index is 1.97. The van der Waals surface area contributed by atoms with Crippen molar-refractivity contribution in [2.24, 2.45) is 7.05 Å². The van der Waals surface area contributed by atoms with Crippen molar-refractivity contribution in [1.29, 1.82) is 0 Å². The molecule has 0 aliphatic rings. The summed E-state index contributed by atoms with van der Waals surface area (Å²) in [7, 11) is 1.86. The van der Waals surface area contributed by atoms with Crippen LogP contribution < -0.4 is 0 Å². The van der Waals surface area contributed by atoms with E-state index in [0.717, 1.165) is 16.6 Å². The Bertz CT molecular complexity index is 836. The fourth-order valence-electron chi connectivity index (χ4n) is 2.61. The second kappa shape index (κ2) is 5.13. The van der Waals surface area contributed by atoms with Crippen LogP contribution in [0.5, 0.6) is 0 Å². The van der Waals surface area contributed by atoms with Crippen LogP contribution in [0.2, 0.25) is 0 Å². The van der Waals surface area contributed by atoms with Crippen molar-refractivity contribution < 1.29 is 9.18 Å². The lowest BCUT2D eigenvalue weighted by atomic mass is 10.0. The van der Waals surface area contributed by atoms with Gasteiger partial charge in [0.05, 0.1) is 17.6 Å². The molecule has 1 heterocycles. The minimum atomic E-state index is -0.327. The predicted octanol–water partition coefficient (Wildman–Crippen LogP) is 3.45. The Hall–Kier alpha value is -2.49. The molecule has 0 fully saturated rings. The number of halogens is 1. The van der Waals surface area contributed by atoms with E-state index in [4.69, 9.17) is 0 Å². The number of aryl methyl sites for hydroxylation is 2. The molecule has 4 heteroatoms. The summed E-state index contributed by atoms with van der Waals surface area (Å²) in [4.78, 5) is 12.4. The summed E-state index contributed by atoms with van der Waals surface area (Å²) in [5, 5.41) is 5.40. The Kier molecular flexibility index (Phi) is 3.29. The highest BCUT2D eigenvalue weighted by atomic mass is 19.1. The standard InChI is InChI=1S/C17H15FN2O/c1-11-9-12(18)7-8-13(11)17(21)10-15-14-5-3-4-6-16(14)20(2)19-15/h3-9H,10H2,1-2H3. The normalized spacial score (nSPS) is 11.0. The highest BCUT2D eigenvalue weighted by Crippen LogP contribution is 2.20. The van der Waals surface area contributed by atoms with E-state index in [-0.39, 0.29) is 18.0 Å². The first kappa shape index (κ1) is 13.5. The second-order valence-electron chi connectivity index (χ2n) is 5.15. The first-order chi connectivity index (χ1) is 10.1. The Morgan fingerprint density at radius 3 is 2.76 bits per heavy atom. The van der Waals surface area contributed by atoms with Crippen molar-refractivity contribution in [3.8, 4) is 0 Å². The average Bonchev–Trinajstić information content (AvgIpc) is 2.76. The lowest BCUT2D eigenvalue weighted by molar-refractivity contribution is 0.0991. The fourth-order valence-corrected chi connectivity index (χ4v) is 2.61. The molecule has 21 heavy (non-hydrogen) atoms. The van der Waals surface area contributed by atoms with Crippen molar-refractivity contribution >= 4 is 16.7 Å². The zero-order valence-electron chi connectivity index (χ0n) is 11.9. The van der Waals surface area contributed by atoms with E-state index in [0.29, 0.717) is 11.1 Å². The molecule has 0 unspecified atom stereocenters. The largest absolute Gasteiger partial charge is 0.294 e. The topological polar surface area (TPSA) is 34.9 Å². The van der Waals surface area contributed by atoms with Gasteiger partial charge in [-0.3, -0.25) is 9.48 Å². The highest BCUT2D eigenvalue weighted by molar-refractivity contribution is 6.00. The summed E-state index contributed by atoms with van der Waals surface area (Å²) in [6, 6.07) is 12.0. The smallest absolute Gasteiger partial charge is 0.169 e. The minimum Gasteiger partial charge on any atom is -0.294 e. The minimum absolute atomic E-state index is 0.0450. The maximum Gasteiger partial charge on any atom is 0.169 e. The maximum absolute atomic E-state index is 13.1. The Morgan fingerprint density at radius 2 is 2.00 bits per heavy atom. The third-order valence-corrected chi connectivity index (χ3v) is 3.65. The molecule has 3 nitrogen and oxygen atoms in total. The number of nitrogens with zero attached hydrogens (tertiary/aromatic N) is 2. The van der Waals surface area contributed by atoms with Crippen molar-refractivity contribution in [1.82, 2.24) is 9.78 Å². The first-order valence-corrected chi connectivity index (χ1v) is 6.76. The van der Waals surface area contributed by atoms with Crippen molar-refractivity contribution in [3.05, 3.63) is 65.1 Å². The van der Waals surface area contributed by atoms with E-state index in [9.17, 15) is 9.18 Å². The molecular weight excluding hydrogens is 267 g/mol. The highest BCUT2D eigenvalue weighted by Gasteiger charge is 2.15. The number of carbonyl (C=O) groups excluding carboxylic acids is 1. The summed E-state index contributed by atoms with van der Waals surface area (Å²) < 4.78 is 14.9. The van der Waals surface area contributed by atoms with Gasteiger partial charge in [0.1, 0.15) is 5.82 Å². The molecule has 1 aromatic heterocycles. The van der Waals surface area contributed by atoms with Gasteiger partial charge in [-0.1, -0.05) is 18.2 Å². The molecule has 0 radical (unpaired) electrons. The van der Waals surface area contributed by atoms with Crippen LogP contribution in [0.3, 0.4) is 0 Å². The summed E-state index contributed by atoms with van der Waals surface area (Å²) in [5.41, 5.74) is 2.95. The third-order valence-electron chi connectivity index (χ3n) is 3.65. The van der Waals surface area contributed by atoms with Crippen LogP contribution in [-0.4, -0.2) is 15.6 Å². The van der Waals surface area contributed by atoms with Crippen molar-refractivity contribution in [3.63, 3.8) is 0 Å². The van der Waals surface area contributed by atoms with Gasteiger partial charge in [-0.25, -0.2) is 4.39 Å². The van der Waals surface area contributed by atoms with Crippen LogP contribution >= 0.6 is 0 Å². The summed E-state index contributed by atoms with van der Waals surface area (Å²) in [6.45, 7) is 1.74. The molecule has 106 valence electrons. The SMILES string of the molecule is Cc1cc(F)ccc1C(=O)Cc1nn(C)c2ccccc12. The number of aromatic nitrogens is 2. The van der Waals surface area contributed by atoms with Crippen LogP contribution in [0.25, 0.3) is 10.9 Å². The summed E-state index contributed by atoms with van der Waals surface area (Å²) >= 11 is 0. The zero-order valence-corrected chi connectivity index (χ0v) is 11.9. The number of Topliss-reactive ketones (excluding diaryl/α,β-unsaturated/α-hetero) is 1. The maximum atomic E-state index is 13.1. The lowest BCUT2D eigenvalue weighted by Gasteiger charge is -2.04. The third kappa shape index (κ3) is 2.44. The van der Waals surface area contributed by atoms with Gasteiger partial charge in [-0.05, 0) is 36.8 Å². The molecule has 0 atom stereocenters. The molecule has 0 saturated carbocycles. The second-order valence-corrected chi connectivity index (χ2v) is 5.15. The van der Waals surface area contributed by atoms with Gasteiger partial charge < -0.3 is 0 Å². The number of para-hydroxylation sites is 1. The number of rotatable bonds is 3. The number of ketones is 1. The predicted molar refractivity (Wildman–Crippen MR) is 79.9 cm³/mol. The van der Waals surface area contributed by atoms with Gasteiger partial charge in [0.2, 0.25) is 0 Å². The molecular formula is C17H15FN2O. The van der Waals surface area contributed by atoms with Gasteiger partial charge >= 0.3 is 0 Å². The van der Waals surface area contributed by atoms with Gasteiger partial charge in [-0.2, -0.15) is 5.10 Å². The number of carbonyl (C=O) groups is 1. The number of benzene rings is 2. The molecule has 0 bridgehead atoms. The zero-order chi connectivity index (χ0) is 15.0. The van der Waals surface area contributed by atoms with Gasteiger partial charge in [0.25, 0.3) is 0 Å². The molecule has 3 rings (SSSR count). The van der Waals surface area contributed by atoms with Crippen LogP contribution in [-0.2, 0) is 13.5 Å². The van der Waals surface area contributed by atoms with E-state index in [1.807, 2.05) is 31.3 Å². The molecule has 0 aliphatic heterocycles. The van der Waals surface area contributed by atoms with E-state index < -0.39 is 0 Å². The molecule has 0 aliphatic carbocycles. The molecule has 0 amide bonds. The molecule has 0 spiro atoms. The van der Waals surface area contributed by atoms with Crippen LogP contribution in [0, 0.1) is 12.7 Å². The first-order valence-electron chi connectivity index (χ1n) is 6.76. The number of fused-ring (bicyclic) bond motifs is 1. The van der Waals surface area contributed by atoms with Gasteiger partial charge in [-0.15, -0.1) is 0 Å². The van der Waals surface area contributed by atoms with Crippen LogP contribution in [0.1, 0.15) is 21.6 Å². The fraction of sp³-hybridized carbons (Fsp3) is 0.176. The monoisotopic (exact) mass is 282 g/mol.